The molecule has 0 aliphatic carbocycles. The van der Waals surface area contributed by atoms with E-state index >= 15 is 0 Å². The van der Waals surface area contributed by atoms with Gasteiger partial charge in [0.15, 0.2) is 0 Å². The first-order chi connectivity index (χ1) is 13.3. The summed E-state index contributed by atoms with van der Waals surface area (Å²) in [6, 6.07) is 7.44. The minimum atomic E-state index is -3.19. The first-order valence-corrected chi connectivity index (χ1v) is 11.7. The van der Waals surface area contributed by atoms with Crippen molar-refractivity contribution < 1.29 is 17.7 Å². The molecule has 0 aliphatic rings. The van der Waals surface area contributed by atoms with Crippen LogP contribution in [-0.2, 0) is 15.8 Å². The molecule has 0 bridgehead atoms. The van der Waals surface area contributed by atoms with Gasteiger partial charge in [-0.2, -0.15) is 0 Å². The van der Waals surface area contributed by atoms with Crippen LogP contribution in [0.3, 0.4) is 0 Å². The number of carbonyl (C=O) groups excluding carboxylic acids is 1. The maximum absolute atomic E-state index is 12.6. The molecule has 0 radical (unpaired) electrons. The fourth-order valence-electron chi connectivity index (χ4n) is 2.60. The highest BCUT2D eigenvalue weighted by atomic mass is 32.2. The molecule has 0 unspecified atom stereocenters. The molecule has 9 heteroatoms. The molecule has 0 saturated carbocycles. The number of aromatic nitrogens is 1. The van der Waals surface area contributed by atoms with Crippen LogP contribution in [0.25, 0.3) is 0 Å². The predicted octanol–water partition coefficient (Wildman–Crippen LogP) is 2.99. The van der Waals surface area contributed by atoms with E-state index in [1.165, 1.54) is 4.31 Å². The molecule has 2 rings (SSSR count). The minimum Gasteiger partial charge on any atom is -0.361 e. The van der Waals surface area contributed by atoms with Crippen LogP contribution in [0.4, 0.5) is 0 Å². The van der Waals surface area contributed by atoms with Crippen LogP contribution in [0.5, 0.6) is 0 Å². The van der Waals surface area contributed by atoms with Crippen LogP contribution < -0.4 is 5.32 Å². The quantitative estimate of drug-likeness (QED) is 0.465. The minimum absolute atomic E-state index is 0.0750. The lowest BCUT2D eigenvalue weighted by Gasteiger charge is -2.16. The zero-order chi connectivity index (χ0) is 20.7. The topological polar surface area (TPSA) is 92.5 Å². The molecule has 2 aromatic rings. The zero-order valence-corrected chi connectivity index (χ0v) is 18.3. The molecule has 1 aromatic heterocycles. The number of nitrogens with zero attached hydrogens (tertiary/aromatic N) is 2. The molecular weight excluding hydrogens is 398 g/mol. The Morgan fingerprint density at radius 1 is 1.29 bits per heavy atom. The van der Waals surface area contributed by atoms with Crippen LogP contribution in [0, 0.1) is 13.8 Å². The second-order valence-electron chi connectivity index (χ2n) is 6.42. The Morgan fingerprint density at radius 3 is 2.64 bits per heavy atom. The number of rotatable bonds is 10. The molecule has 0 aliphatic heterocycles. The van der Waals surface area contributed by atoms with Gasteiger partial charge in [0.2, 0.25) is 10.0 Å². The molecule has 1 N–H and O–H groups in total. The second kappa shape index (κ2) is 10.1. The maximum Gasteiger partial charge on any atom is 0.252 e. The van der Waals surface area contributed by atoms with Gasteiger partial charge in [0, 0.05) is 36.3 Å². The van der Waals surface area contributed by atoms with Crippen molar-refractivity contribution in [2.75, 3.05) is 25.9 Å². The molecule has 0 spiro atoms. The van der Waals surface area contributed by atoms with Gasteiger partial charge in [-0.15, -0.1) is 11.8 Å². The van der Waals surface area contributed by atoms with E-state index in [-0.39, 0.29) is 11.7 Å². The van der Waals surface area contributed by atoms with E-state index in [2.05, 4.69) is 10.5 Å². The van der Waals surface area contributed by atoms with E-state index < -0.39 is 10.0 Å². The van der Waals surface area contributed by atoms with Crippen molar-refractivity contribution in [2.45, 2.75) is 37.8 Å². The molecule has 1 heterocycles. The van der Waals surface area contributed by atoms with Gasteiger partial charge in [-0.25, -0.2) is 12.7 Å². The normalized spacial score (nSPS) is 11.8. The van der Waals surface area contributed by atoms with Crippen molar-refractivity contribution in [1.29, 1.82) is 0 Å². The number of sulfonamides is 1. The Bertz CT molecular complexity index is 890. The fourth-order valence-corrected chi connectivity index (χ4v) is 4.65. The highest BCUT2D eigenvalue weighted by Gasteiger charge is 2.16. The molecule has 28 heavy (non-hydrogen) atoms. The van der Waals surface area contributed by atoms with Crippen LogP contribution in [0.2, 0.25) is 0 Å². The number of benzene rings is 1. The maximum atomic E-state index is 12.6. The molecular formula is C19H27N3O4S2. The predicted molar refractivity (Wildman–Crippen MR) is 111 cm³/mol. The van der Waals surface area contributed by atoms with Gasteiger partial charge in [-0.05, 0) is 39.3 Å². The summed E-state index contributed by atoms with van der Waals surface area (Å²) in [6.07, 6.45) is 0.551. The Morgan fingerprint density at radius 2 is 2.00 bits per heavy atom. The summed E-state index contributed by atoms with van der Waals surface area (Å²) in [4.78, 5) is 13.5. The average molecular weight is 426 g/mol. The molecule has 1 amide bonds. The highest BCUT2D eigenvalue weighted by Crippen LogP contribution is 2.28. The lowest BCUT2D eigenvalue weighted by atomic mass is 10.2. The van der Waals surface area contributed by atoms with E-state index in [1.807, 2.05) is 32.0 Å². The summed E-state index contributed by atoms with van der Waals surface area (Å²) in [6.45, 7) is 6.18. The average Bonchev–Trinajstić information content (AvgIpc) is 3.01. The molecule has 0 atom stereocenters. The third-order valence-corrected chi connectivity index (χ3v) is 7.42. The van der Waals surface area contributed by atoms with E-state index in [4.69, 9.17) is 4.52 Å². The molecule has 0 fully saturated rings. The lowest BCUT2D eigenvalue weighted by Crippen LogP contribution is -2.32. The number of amides is 1. The smallest absolute Gasteiger partial charge is 0.252 e. The van der Waals surface area contributed by atoms with Gasteiger partial charge in [-0.1, -0.05) is 17.3 Å². The molecule has 154 valence electrons. The van der Waals surface area contributed by atoms with Gasteiger partial charge >= 0.3 is 0 Å². The zero-order valence-electron chi connectivity index (χ0n) is 16.7. The third-order valence-electron chi connectivity index (χ3n) is 4.46. The van der Waals surface area contributed by atoms with Gasteiger partial charge in [0.05, 0.1) is 17.0 Å². The Kier molecular flexibility index (Phi) is 8.09. The van der Waals surface area contributed by atoms with Gasteiger partial charge in [0.25, 0.3) is 5.91 Å². The van der Waals surface area contributed by atoms with Crippen LogP contribution in [0.1, 0.15) is 40.7 Å². The molecule has 0 saturated heterocycles. The van der Waals surface area contributed by atoms with Crippen molar-refractivity contribution >= 4 is 27.7 Å². The van der Waals surface area contributed by atoms with E-state index in [9.17, 15) is 13.2 Å². The van der Waals surface area contributed by atoms with Crippen molar-refractivity contribution in [1.82, 2.24) is 14.8 Å². The monoisotopic (exact) mass is 425 g/mol. The molecule has 1 aromatic carbocycles. The summed E-state index contributed by atoms with van der Waals surface area (Å²) < 4.78 is 30.0. The van der Waals surface area contributed by atoms with Gasteiger partial charge < -0.3 is 9.84 Å². The lowest BCUT2D eigenvalue weighted by molar-refractivity contribution is 0.0950. The Balaban J connectivity index is 1.92. The first-order valence-electron chi connectivity index (χ1n) is 9.12. The summed E-state index contributed by atoms with van der Waals surface area (Å²) in [5.74, 6) is 1.37. The largest absolute Gasteiger partial charge is 0.361 e. The van der Waals surface area contributed by atoms with Crippen molar-refractivity contribution in [3.05, 3.63) is 46.8 Å². The van der Waals surface area contributed by atoms with Crippen LogP contribution in [0.15, 0.2) is 33.7 Å². The number of hydrogen-bond donors (Lipinski definition) is 1. The van der Waals surface area contributed by atoms with Gasteiger partial charge in [-0.3, -0.25) is 4.79 Å². The summed E-state index contributed by atoms with van der Waals surface area (Å²) in [5.41, 5.74) is 2.51. The van der Waals surface area contributed by atoms with Gasteiger partial charge in [0.1, 0.15) is 5.76 Å². The van der Waals surface area contributed by atoms with Crippen molar-refractivity contribution in [3.63, 3.8) is 0 Å². The highest BCUT2D eigenvalue weighted by molar-refractivity contribution is 7.98. The Hall–Kier alpha value is -1.84. The number of aryl methyl sites for hydroxylation is 2. The Labute approximate surface area is 170 Å². The fraction of sp³-hybridized carbons (Fsp3) is 0.474. The SMILES string of the molecule is CCS(=O)(=O)N(C)CCCNC(=O)c1ccccc1SCc1c(C)noc1C. The summed E-state index contributed by atoms with van der Waals surface area (Å²) in [7, 11) is -1.63. The van der Waals surface area contributed by atoms with E-state index in [0.29, 0.717) is 30.8 Å². The van der Waals surface area contributed by atoms with E-state index in [1.54, 1.807) is 31.8 Å². The number of thioether (sulfide) groups is 1. The van der Waals surface area contributed by atoms with Crippen molar-refractivity contribution in [2.24, 2.45) is 0 Å². The first kappa shape index (κ1) is 22.4. The number of nitrogens with one attached hydrogen (secondary N) is 1. The summed E-state index contributed by atoms with van der Waals surface area (Å²) in [5, 5.41) is 6.83. The van der Waals surface area contributed by atoms with Crippen LogP contribution >= 0.6 is 11.8 Å². The van der Waals surface area contributed by atoms with Crippen molar-refractivity contribution in [3.8, 4) is 0 Å². The second-order valence-corrected chi connectivity index (χ2v) is 9.80. The van der Waals surface area contributed by atoms with Crippen LogP contribution in [-0.4, -0.2) is 49.7 Å². The number of hydrogen-bond acceptors (Lipinski definition) is 6. The molecule has 7 nitrogen and oxygen atoms in total. The number of carbonyl (C=O) groups is 1. The standard InChI is InChI=1S/C19H27N3O4S2/c1-5-28(24,25)22(4)12-8-11-20-19(23)16-9-6-7-10-18(16)27-13-17-14(2)21-26-15(17)3/h6-7,9-10H,5,8,11-13H2,1-4H3,(H,20,23). The summed E-state index contributed by atoms with van der Waals surface area (Å²) >= 11 is 1.56. The van der Waals surface area contributed by atoms with E-state index in [0.717, 1.165) is 21.9 Å². The third kappa shape index (κ3) is 5.83.